The van der Waals surface area contributed by atoms with E-state index in [4.69, 9.17) is 4.74 Å². The van der Waals surface area contributed by atoms with Crippen LogP contribution < -0.4 is 0 Å². The Morgan fingerprint density at radius 3 is 2.62 bits per heavy atom. The maximum Gasteiger partial charge on any atom is 0.305 e. The average molecular weight is 296 g/mol. The van der Waals surface area contributed by atoms with Gasteiger partial charge in [-0.1, -0.05) is 12.2 Å². The normalized spacial score (nSPS) is 25.0. The molecule has 1 saturated carbocycles. The zero-order valence-corrected chi connectivity index (χ0v) is 12.7. The topological polar surface area (TPSA) is 69.7 Å². The van der Waals surface area contributed by atoms with Crippen molar-refractivity contribution in [1.82, 2.24) is 0 Å². The molecule has 0 amide bonds. The lowest BCUT2D eigenvalue weighted by Gasteiger charge is -2.18. The second-order valence-corrected chi connectivity index (χ2v) is 5.35. The van der Waals surface area contributed by atoms with Crippen LogP contribution >= 0.6 is 0 Å². The molecule has 0 aromatic rings. The lowest BCUT2D eigenvalue weighted by Crippen LogP contribution is -2.23. The van der Waals surface area contributed by atoms with Crippen LogP contribution in [0.1, 0.15) is 45.4 Å². The standard InChI is InChI=1S/C16H24O5/c1-12(18)21-15-10-9-13(11-17)14(15)7-5-3-4-6-8-16(19)20-2/h5,7,11,13-15H,3-4,6,8-10H2,1-2H3. The number of methoxy groups -OCH3 is 1. The van der Waals surface area contributed by atoms with Crippen LogP contribution in [0.3, 0.4) is 0 Å². The largest absolute Gasteiger partial charge is 0.469 e. The molecule has 0 aromatic carbocycles. The Bertz CT molecular complexity index is 388. The fourth-order valence-electron chi connectivity index (χ4n) is 2.68. The molecular weight excluding hydrogens is 272 g/mol. The van der Waals surface area contributed by atoms with Crippen molar-refractivity contribution >= 4 is 18.2 Å². The molecule has 1 aliphatic rings. The molecule has 1 aliphatic carbocycles. The lowest BCUT2D eigenvalue weighted by molar-refractivity contribution is -0.147. The highest BCUT2D eigenvalue weighted by Crippen LogP contribution is 2.34. The highest BCUT2D eigenvalue weighted by Gasteiger charge is 2.36. The first kappa shape index (κ1) is 17.4. The monoisotopic (exact) mass is 296 g/mol. The van der Waals surface area contributed by atoms with Gasteiger partial charge in [-0.05, 0) is 32.1 Å². The van der Waals surface area contributed by atoms with E-state index in [1.165, 1.54) is 14.0 Å². The molecular formula is C16H24O5. The van der Waals surface area contributed by atoms with Crippen LogP contribution in [0.2, 0.25) is 0 Å². The third-order valence-corrected chi connectivity index (χ3v) is 3.79. The summed E-state index contributed by atoms with van der Waals surface area (Å²) < 4.78 is 9.84. The van der Waals surface area contributed by atoms with Gasteiger partial charge in [0.15, 0.2) is 0 Å². The molecule has 3 unspecified atom stereocenters. The third kappa shape index (κ3) is 6.10. The van der Waals surface area contributed by atoms with E-state index in [0.717, 1.165) is 38.4 Å². The number of esters is 2. The third-order valence-electron chi connectivity index (χ3n) is 3.79. The van der Waals surface area contributed by atoms with Crippen molar-refractivity contribution in [3.8, 4) is 0 Å². The molecule has 0 aromatic heterocycles. The number of allylic oxidation sites excluding steroid dienone is 1. The van der Waals surface area contributed by atoms with Crippen LogP contribution in [0.25, 0.3) is 0 Å². The predicted molar refractivity (Wildman–Crippen MR) is 77.5 cm³/mol. The Labute approximate surface area is 125 Å². The molecule has 5 heteroatoms. The Morgan fingerprint density at radius 1 is 1.24 bits per heavy atom. The lowest BCUT2D eigenvalue weighted by atomic mass is 9.95. The highest BCUT2D eigenvalue weighted by atomic mass is 16.5. The fraction of sp³-hybridized carbons (Fsp3) is 0.688. The number of hydrogen-bond acceptors (Lipinski definition) is 5. The maximum absolute atomic E-state index is 11.1. The van der Waals surface area contributed by atoms with Crippen molar-refractivity contribution in [3.63, 3.8) is 0 Å². The summed E-state index contributed by atoms with van der Waals surface area (Å²) in [6.45, 7) is 1.39. The first-order chi connectivity index (χ1) is 10.1. The zero-order chi connectivity index (χ0) is 15.7. The maximum atomic E-state index is 11.1. The average Bonchev–Trinajstić information content (AvgIpc) is 2.83. The summed E-state index contributed by atoms with van der Waals surface area (Å²) in [6.07, 6.45) is 9.21. The van der Waals surface area contributed by atoms with Crippen LogP contribution in [-0.2, 0) is 23.9 Å². The molecule has 0 saturated heterocycles. The molecule has 0 spiro atoms. The van der Waals surface area contributed by atoms with E-state index in [1.54, 1.807) is 0 Å². The van der Waals surface area contributed by atoms with Gasteiger partial charge in [0.2, 0.25) is 0 Å². The molecule has 0 bridgehead atoms. The van der Waals surface area contributed by atoms with Gasteiger partial charge in [-0.3, -0.25) is 9.59 Å². The Morgan fingerprint density at radius 2 is 2.00 bits per heavy atom. The summed E-state index contributed by atoms with van der Waals surface area (Å²) in [5.74, 6) is -0.582. The second kappa shape index (κ2) is 9.32. The highest BCUT2D eigenvalue weighted by molar-refractivity contribution is 5.69. The molecule has 0 aliphatic heterocycles. The van der Waals surface area contributed by atoms with Gasteiger partial charge < -0.3 is 14.3 Å². The van der Waals surface area contributed by atoms with E-state index in [2.05, 4.69) is 4.74 Å². The van der Waals surface area contributed by atoms with Crippen molar-refractivity contribution in [3.05, 3.63) is 12.2 Å². The number of rotatable bonds is 8. The van der Waals surface area contributed by atoms with Gasteiger partial charge >= 0.3 is 11.9 Å². The molecule has 0 N–H and O–H groups in total. The van der Waals surface area contributed by atoms with Gasteiger partial charge in [0.05, 0.1) is 7.11 Å². The number of carbonyl (C=O) groups is 3. The van der Waals surface area contributed by atoms with Gasteiger partial charge in [0.1, 0.15) is 12.4 Å². The molecule has 3 atom stereocenters. The van der Waals surface area contributed by atoms with Crippen LogP contribution in [0.5, 0.6) is 0 Å². The Kier molecular flexibility index (Phi) is 7.72. The molecule has 1 fully saturated rings. The number of unbranched alkanes of at least 4 members (excludes halogenated alkanes) is 2. The zero-order valence-electron chi connectivity index (χ0n) is 12.7. The number of carbonyl (C=O) groups excluding carboxylic acids is 3. The summed E-state index contributed by atoms with van der Waals surface area (Å²) in [7, 11) is 1.39. The molecule has 118 valence electrons. The smallest absolute Gasteiger partial charge is 0.305 e. The van der Waals surface area contributed by atoms with Crippen molar-refractivity contribution < 1.29 is 23.9 Å². The predicted octanol–water partition coefficient (Wildman–Crippen LogP) is 2.43. The van der Waals surface area contributed by atoms with Gasteiger partial charge in [0, 0.05) is 25.2 Å². The van der Waals surface area contributed by atoms with Gasteiger partial charge in [0.25, 0.3) is 0 Å². The van der Waals surface area contributed by atoms with Gasteiger partial charge in [-0.25, -0.2) is 0 Å². The van der Waals surface area contributed by atoms with E-state index in [0.29, 0.717) is 6.42 Å². The SMILES string of the molecule is COC(=O)CCCCC=CC1C(C=O)CCC1OC(C)=O. The minimum atomic E-state index is -0.303. The van der Waals surface area contributed by atoms with Gasteiger partial charge in [-0.2, -0.15) is 0 Å². The molecule has 0 radical (unpaired) electrons. The summed E-state index contributed by atoms with van der Waals surface area (Å²) in [5.41, 5.74) is 0. The first-order valence-corrected chi connectivity index (χ1v) is 7.44. The van der Waals surface area contributed by atoms with Crippen LogP contribution in [0.4, 0.5) is 0 Å². The minimum Gasteiger partial charge on any atom is -0.469 e. The quantitative estimate of drug-likeness (QED) is 0.298. The van der Waals surface area contributed by atoms with Crippen molar-refractivity contribution in [1.29, 1.82) is 0 Å². The summed E-state index contributed by atoms with van der Waals surface area (Å²) in [6, 6.07) is 0. The second-order valence-electron chi connectivity index (χ2n) is 5.35. The summed E-state index contributed by atoms with van der Waals surface area (Å²) in [4.78, 5) is 33.1. The molecule has 1 rings (SSSR count). The minimum absolute atomic E-state index is 0.0213. The van der Waals surface area contributed by atoms with E-state index in [1.807, 2.05) is 12.2 Å². The number of aldehydes is 1. The summed E-state index contributed by atoms with van der Waals surface area (Å²) in [5, 5.41) is 0. The first-order valence-electron chi connectivity index (χ1n) is 7.44. The van der Waals surface area contributed by atoms with Crippen LogP contribution in [0.15, 0.2) is 12.2 Å². The van der Waals surface area contributed by atoms with E-state index >= 15 is 0 Å². The van der Waals surface area contributed by atoms with Crippen molar-refractivity contribution in [2.75, 3.05) is 7.11 Å². The van der Waals surface area contributed by atoms with Gasteiger partial charge in [-0.15, -0.1) is 0 Å². The molecule has 0 heterocycles. The fourth-order valence-corrected chi connectivity index (χ4v) is 2.68. The van der Waals surface area contributed by atoms with E-state index in [-0.39, 0.29) is 29.9 Å². The number of ether oxygens (including phenoxy) is 2. The molecule has 5 nitrogen and oxygen atoms in total. The van der Waals surface area contributed by atoms with Crippen LogP contribution in [-0.4, -0.2) is 31.4 Å². The van der Waals surface area contributed by atoms with Crippen molar-refractivity contribution in [2.24, 2.45) is 11.8 Å². The Balaban J connectivity index is 2.37. The summed E-state index contributed by atoms with van der Waals surface area (Å²) >= 11 is 0. The van der Waals surface area contributed by atoms with E-state index < -0.39 is 0 Å². The van der Waals surface area contributed by atoms with E-state index in [9.17, 15) is 14.4 Å². The van der Waals surface area contributed by atoms with Crippen LogP contribution in [0, 0.1) is 11.8 Å². The molecule has 21 heavy (non-hydrogen) atoms. The van der Waals surface area contributed by atoms with Crippen molar-refractivity contribution in [2.45, 2.75) is 51.6 Å². The number of hydrogen-bond donors (Lipinski definition) is 0. The Hall–Kier alpha value is -1.65.